The molecule has 232 valence electrons. The maximum atomic E-state index is 12.8. The van der Waals surface area contributed by atoms with Crippen molar-refractivity contribution >= 4 is 12.0 Å². The van der Waals surface area contributed by atoms with Crippen LogP contribution < -0.4 is 10.6 Å². The Morgan fingerprint density at radius 2 is 1.25 bits per heavy atom. The van der Waals surface area contributed by atoms with Crippen LogP contribution in [0.15, 0.2) is 12.2 Å². The highest BCUT2D eigenvalue weighted by Gasteiger charge is 2.29. The van der Waals surface area contributed by atoms with Crippen molar-refractivity contribution in [1.82, 2.24) is 15.5 Å². The molecule has 2 rings (SSSR count). The van der Waals surface area contributed by atoms with Crippen LogP contribution in [0.3, 0.4) is 0 Å². The second-order valence-electron chi connectivity index (χ2n) is 12.3. The van der Waals surface area contributed by atoms with Crippen LogP contribution in [0.25, 0.3) is 0 Å². The van der Waals surface area contributed by atoms with Gasteiger partial charge in [0.25, 0.3) is 0 Å². The van der Waals surface area contributed by atoms with E-state index in [1.54, 1.807) is 0 Å². The van der Waals surface area contributed by atoms with E-state index in [-0.39, 0.29) is 23.8 Å². The lowest BCUT2D eigenvalue weighted by Gasteiger charge is -2.29. The molecule has 1 aliphatic carbocycles. The first kappa shape index (κ1) is 34.6. The Kier molecular flexibility index (Phi) is 20.9. The molecule has 2 N–H and O–H groups in total. The van der Waals surface area contributed by atoms with Crippen LogP contribution in [-0.2, 0) is 9.53 Å². The van der Waals surface area contributed by atoms with Gasteiger partial charge >= 0.3 is 6.09 Å². The summed E-state index contributed by atoms with van der Waals surface area (Å²) in [7, 11) is 0. The van der Waals surface area contributed by atoms with E-state index in [1.165, 1.54) is 109 Å². The van der Waals surface area contributed by atoms with Crippen molar-refractivity contribution in [3.05, 3.63) is 12.2 Å². The molecule has 0 saturated carbocycles. The van der Waals surface area contributed by atoms with E-state index in [9.17, 15) is 9.59 Å². The molecular formula is C34H63N3O3. The van der Waals surface area contributed by atoms with Gasteiger partial charge in [0.2, 0.25) is 5.91 Å². The third kappa shape index (κ3) is 17.3. The number of carbonyl (C=O) groups is 2. The van der Waals surface area contributed by atoms with Crippen molar-refractivity contribution < 1.29 is 14.3 Å². The van der Waals surface area contributed by atoms with Crippen LogP contribution in [0.4, 0.5) is 4.79 Å². The maximum Gasteiger partial charge on any atom is 0.407 e. The zero-order valence-electron chi connectivity index (χ0n) is 26.1. The minimum atomic E-state index is -0.347. The molecule has 0 bridgehead atoms. The Morgan fingerprint density at radius 1 is 0.700 bits per heavy atom. The number of unbranched alkanes of at least 4 members (excludes halogenated alkanes) is 15. The van der Waals surface area contributed by atoms with Gasteiger partial charge < -0.3 is 20.3 Å². The number of ether oxygens (including phenoxy) is 1. The maximum absolute atomic E-state index is 12.8. The Morgan fingerprint density at radius 3 is 1.85 bits per heavy atom. The van der Waals surface area contributed by atoms with Crippen molar-refractivity contribution in [1.29, 1.82) is 0 Å². The molecule has 6 nitrogen and oxygen atoms in total. The number of amides is 2. The Hall–Kier alpha value is -1.56. The van der Waals surface area contributed by atoms with E-state index in [4.69, 9.17) is 4.74 Å². The molecule has 0 aromatic rings. The number of hydrogen-bond donors (Lipinski definition) is 2. The molecule has 2 amide bonds. The van der Waals surface area contributed by atoms with Crippen molar-refractivity contribution in [2.45, 2.75) is 142 Å². The summed E-state index contributed by atoms with van der Waals surface area (Å²) < 4.78 is 5.52. The number of carbonyl (C=O) groups excluding carboxylic acids is 2. The summed E-state index contributed by atoms with van der Waals surface area (Å²) in [6.45, 7) is 7.18. The number of hydrogen-bond acceptors (Lipinski definition) is 4. The van der Waals surface area contributed by atoms with E-state index in [2.05, 4.69) is 34.6 Å². The van der Waals surface area contributed by atoms with Gasteiger partial charge in [-0.1, -0.05) is 122 Å². The van der Waals surface area contributed by atoms with E-state index in [1.807, 2.05) is 0 Å². The summed E-state index contributed by atoms with van der Waals surface area (Å²) in [6.07, 6.45) is 30.8. The molecule has 2 atom stereocenters. The molecule has 6 heteroatoms. The largest absolute Gasteiger partial charge is 0.449 e. The number of alkyl carbamates (subject to hydrolysis) is 1. The molecule has 0 aromatic heterocycles. The highest BCUT2D eigenvalue weighted by Crippen LogP contribution is 2.26. The summed E-state index contributed by atoms with van der Waals surface area (Å²) >= 11 is 0. The molecule has 40 heavy (non-hydrogen) atoms. The van der Waals surface area contributed by atoms with Gasteiger partial charge in [-0.2, -0.15) is 0 Å². The lowest BCUT2D eigenvalue weighted by atomic mass is 9.83. The quantitative estimate of drug-likeness (QED) is 0.0975. The van der Waals surface area contributed by atoms with Crippen LogP contribution in [-0.4, -0.2) is 56.2 Å². The van der Waals surface area contributed by atoms with E-state index >= 15 is 0 Å². The van der Waals surface area contributed by atoms with Gasteiger partial charge in [-0.25, -0.2) is 4.79 Å². The van der Waals surface area contributed by atoms with Gasteiger partial charge in [0.15, 0.2) is 0 Å². The highest BCUT2D eigenvalue weighted by molar-refractivity contribution is 5.79. The lowest BCUT2D eigenvalue weighted by molar-refractivity contribution is -0.127. The average molecular weight is 562 g/mol. The topological polar surface area (TPSA) is 70.7 Å². The predicted molar refractivity (Wildman–Crippen MR) is 168 cm³/mol. The molecule has 2 aliphatic rings. The van der Waals surface area contributed by atoms with Crippen molar-refractivity contribution in [2.24, 2.45) is 11.8 Å². The average Bonchev–Trinajstić information content (AvgIpc) is 2.98. The third-order valence-corrected chi connectivity index (χ3v) is 8.81. The minimum Gasteiger partial charge on any atom is -0.449 e. The smallest absolute Gasteiger partial charge is 0.407 e. The summed E-state index contributed by atoms with van der Waals surface area (Å²) in [5.41, 5.74) is 0. The molecule has 0 aromatic carbocycles. The fraction of sp³-hybridized carbons (Fsp3) is 0.882. The molecule has 1 aliphatic heterocycles. The van der Waals surface area contributed by atoms with Crippen molar-refractivity contribution in [3.8, 4) is 0 Å². The summed E-state index contributed by atoms with van der Waals surface area (Å²) in [6, 6.07) is 0. The normalized spacial score (nSPS) is 19.4. The number of rotatable bonds is 23. The van der Waals surface area contributed by atoms with Crippen molar-refractivity contribution in [2.75, 3.05) is 39.3 Å². The molecule has 1 fully saturated rings. The number of allylic oxidation sites excluding steroid dienone is 2. The van der Waals surface area contributed by atoms with E-state index in [0.717, 1.165) is 45.3 Å². The Bertz CT molecular complexity index is 663. The second-order valence-corrected chi connectivity index (χ2v) is 12.3. The number of nitrogens with one attached hydrogen (secondary N) is 2. The predicted octanol–water partition coefficient (Wildman–Crippen LogP) is 8.16. The second kappa shape index (κ2) is 24.1. The SMILES string of the molecule is CCCCCCCCCCCCCCCCCCNC(=O)OCC1CC=CCC1C(=O)NCCN1CCCCC1. The zero-order valence-corrected chi connectivity index (χ0v) is 26.1. The first-order valence-electron chi connectivity index (χ1n) is 17.3. The number of nitrogens with zero attached hydrogens (tertiary/aromatic N) is 1. The van der Waals surface area contributed by atoms with Gasteiger partial charge in [-0.05, 0) is 45.2 Å². The van der Waals surface area contributed by atoms with Gasteiger partial charge in [0, 0.05) is 31.5 Å². The fourth-order valence-electron chi connectivity index (χ4n) is 6.12. The standard InChI is InChI=1S/C34H63N3O3/c1-2-3-4-5-6-7-8-9-10-11-12-13-14-15-16-20-25-36-34(39)40-30-31-23-18-19-24-32(31)33(38)35-26-29-37-27-21-17-22-28-37/h18-19,31-32H,2-17,20-30H2,1H3,(H,35,38)(H,36,39). The van der Waals surface area contributed by atoms with Gasteiger partial charge in [0.05, 0.1) is 6.61 Å². The van der Waals surface area contributed by atoms with Crippen molar-refractivity contribution in [3.63, 3.8) is 0 Å². The van der Waals surface area contributed by atoms with Crippen LogP contribution in [0.2, 0.25) is 0 Å². The molecular weight excluding hydrogens is 498 g/mol. The van der Waals surface area contributed by atoms with Gasteiger partial charge in [-0.3, -0.25) is 4.79 Å². The van der Waals surface area contributed by atoms with Crippen LogP contribution in [0.1, 0.15) is 142 Å². The first-order valence-corrected chi connectivity index (χ1v) is 17.3. The Labute approximate surface area is 246 Å². The zero-order chi connectivity index (χ0) is 28.5. The van der Waals surface area contributed by atoms with Crippen LogP contribution in [0, 0.1) is 11.8 Å². The highest BCUT2D eigenvalue weighted by atomic mass is 16.5. The number of likely N-dealkylation sites (tertiary alicyclic amines) is 1. The molecule has 1 heterocycles. The first-order chi connectivity index (χ1) is 19.7. The fourth-order valence-corrected chi connectivity index (χ4v) is 6.12. The Balaban J connectivity index is 1.39. The van der Waals surface area contributed by atoms with Crippen LogP contribution >= 0.6 is 0 Å². The third-order valence-electron chi connectivity index (χ3n) is 8.81. The summed E-state index contributed by atoms with van der Waals surface area (Å²) in [5, 5.41) is 6.03. The molecule has 2 unspecified atom stereocenters. The summed E-state index contributed by atoms with van der Waals surface area (Å²) in [5.74, 6) is 0.0456. The van der Waals surface area contributed by atoms with Crippen LogP contribution in [0.5, 0.6) is 0 Å². The van der Waals surface area contributed by atoms with Gasteiger partial charge in [0.1, 0.15) is 0 Å². The molecule has 0 radical (unpaired) electrons. The van der Waals surface area contributed by atoms with E-state index < -0.39 is 0 Å². The molecule has 1 saturated heterocycles. The van der Waals surface area contributed by atoms with E-state index in [0.29, 0.717) is 19.7 Å². The number of piperidine rings is 1. The monoisotopic (exact) mass is 561 g/mol. The lowest BCUT2D eigenvalue weighted by Crippen LogP contribution is -2.42. The molecule has 0 spiro atoms. The van der Waals surface area contributed by atoms with Gasteiger partial charge in [-0.15, -0.1) is 0 Å². The summed E-state index contributed by atoms with van der Waals surface area (Å²) in [4.78, 5) is 27.5. The minimum absolute atomic E-state index is 0.0567.